The molecule has 0 aliphatic heterocycles. The van der Waals surface area contributed by atoms with Gasteiger partial charge in [-0.3, -0.25) is 9.40 Å². The smallest absolute Gasteiger partial charge is 0.261 e. The van der Waals surface area contributed by atoms with E-state index in [9.17, 15) is 8.42 Å². The first kappa shape index (κ1) is 16.3. The second kappa shape index (κ2) is 6.16. The summed E-state index contributed by atoms with van der Waals surface area (Å²) in [4.78, 5) is 0.221. The van der Waals surface area contributed by atoms with Gasteiger partial charge in [-0.05, 0) is 38.1 Å². The third-order valence-corrected chi connectivity index (χ3v) is 5.01. The van der Waals surface area contributed by atoms with Gasteiger partial charge in [-0.15, -0.1) is 0 Å². The summed E-state index contributed by atoms with van der Waals surface area (Å²) in [7, 11) is -1.88. The largest absolute Gasteiger partial charge is 0.492 e. The Kier molecular flexibility index (Phi) is 4.19. The van der Waals surface area contributed by atoms with Crippen LogP contribution in [-0.2, 0) is 17.1 Å². The molecular formula is C17H19N3O3S. The fraction of sp³-hybridized carbons (Fsp3) is 0.235. The highest BCUT2D eigenvalue weighted by Gasteiger charge is 2.18. The van der Waals surface area contributed by atoms with Gasteiger partial charge in [0, 0.05) is 18.6 Å². The average molecular weight is 345 g/mol. The van der Waals surface area contributed by atoms with Gasteiger partial charge in [0.05, 0.1) is 17.2 Å². The molecule has 6 nitrogen and oxygen atoms in total. The average Bonchev–Trinajstić information content (AvgIpc) is 2.92. The number of nitrogens with one attached hydrogen (secondary N) is 1. The van der Waals surface area contributed by atoms with E-state index in [1.165, 1.54) is 0 Å². The molecule has 0 bridgehead atoms. The first-order valence-corrected chi connectivity index (χ1v) is 9.07. The summed E-state index contributed by atoms with van der Waals surface area (Å²) in [6.45, 7) is 4.32. The van der Waals surface area contributed by atoms with Crippen molar-refractivity contribution in [3.8, 4) is 5.75 Å². The van der Waals surface area contributed by atoms with Crippen molar-refractivity contribution in [1.29, 1.82) is 0 Å². The van der Waals surface area contributed by atoms with Crippen LogP contribution in [0.5, 0.6) is 5.75 Å². The summed E-state index contributed by atoms with van der Waals surface area (Å²) in [5.41, 5.74) is 2.11. The van der Waals surface area contributed by atoms with Crippen LogP contribution in [0.25, 0.3) is 10.9 Å². The molecule has 0 saturated heterocycles. The van der Waals surface area contributed by atoms with Crippen molar-refractivity contribution in [3.05, 3.63) is 48.2 Å². The molecule has 0 spiro atoms. The molecule has 3 rings (SSSR count). The number of fused-ring (bicyclic) bond motifs is 1. The minimum atomic E-state index is -3.67. The van der Waals surface area contributed by atoms with Crippen LogP contribution in [0, 0.1) is 6.92 Å². The quantitative estimate of drug-likeness (QED) is 0.771. The topological polar surface area (TPSA) is 73.2 Å². The van der Waals surface area contributed by atoms with Gasteiger partial charge in [-0.2, -0.15) is 5.10 Å². The van der Waals surface area contributed by atoms with Crippen LogP contribution in [0.4, 0.5) is 5.69 Å². The number of hydrogen-bond acceptors (Lipinski definition) is 4. The lowest BCUT2D eigenvalue weighted by molar-refractivity contribution is 0.343. The zero-order valence-electron chi connectivity index (χ0n) is 13.8. The number of aryl methyl sites for hydroxylation is 2. The van der Waals surface area contributed by atoms with E-state index < -0.39 is 10.0 Å². The van der Waals surface area contributed by atoms with Gasteiger partial charge in [0.15, 0.2) is 0 Å². The predicted octanol–water partition coefficient (Wildman–Crippen LogP) is 3.08. The Bertz CT molecular complexity index is 976. The monoisotopic (exact) mass is 345 g/mol. The first-order chi connectivity index (χ1) is 11.4. The Morgan fingerprint density at radius 1 is 1.17 bits per heavy atom. The van der Waals surface area contributed by atoms with Crippen LogP contribution in [0.2, 0.25) is 0 Å². The zero-order valence-corrected chi connectivity index (χ0v) is 14.6. The number of benzene rings is 2. The van der Waals surface area contributed by atoms with Crippen LogP contribution < -0.4 is 9.46 Å². The highest BCUT2D eigenvalue weighted by atomic mass is 32.2. The fourth-order valence-electron chi connectivity index (χ4n) is 2.48. The summed E-state index contributed by atoms with van der Waals surface area (Å²) in [6.07, 6.45) is 1.77. The maximum Gasteiger partial charge on any atom is 0.261 e. The number of anilines is 1. The zero-order chi connectivity index (χ0) is 17.3. The molecule has 0 radical (unpaired) electrons. The lowest BCUT2D eigenvalue weighted by Crippen LogP contribution is -2.13. The van der Waals surface area contributed by atoms with Gasteiger partial charge in [0.25, 0.3) is 10.0 Å². The highest BCUT2D eigenvalue weighted by molar-refractivity contribution is 7.92. The van der Waals surface area contributed by atoms with Gasteiger partial charge in [0.2, 0.25) is 0 Å². The van der Waals surface area contributed by atoms with E-state index in [0.717, 1.165) is 5.56 Å². The van der Waals surface area contributed by atoms with Crippen molar-refractivity contribution < 1.29 is 13.2 Å². The van der Waals surface area contributed by atoms with E-state index in [0.29, 0.717) is 28.9 Å². The van der Waals surface area contributed by atoms with Crippen molar-refractivity contribution >= 4 is 26.6 Å². The predicted molar refractivity (Wildman–Crippen MR) is 93.9 cm³/mol. The fourth-order valence-corrected chi connectivity index (χ4v) is 3.56. The molecule has 3 aromatic rings. The molecule has 24 heavy (non-hydrogen) atoms. The molecule has 0 saturated carbocycles. The number of ether oxygens (including phenoxy) is 1. The van der Waals surface area contributed by atoms with E-state index in [1.807, 2.05) is 13.8 Å². The molecular weight excluding hydrogens is 326 g/mol. The van der Waals surface area contributed by atoms with E-state index >= 15 is 0 Å². The van der Waals surface area contributed by atoms with E-state index in [1.54, 1.807) is 54.3 Å². The Morgan fingerprint density at radius 3 is 2.54 bits per heavy atom. The number of hydrogen-bond donors (Lipinski definition) is 1. The minimum absolute atomic E-state index is 0.221. The van der Waals surface area contributed by atoms with Gasteiger partial charge in [0.1, 0.15) is 11.3 Å². The van der Waals surface area contributed by atoms with Crippen LogP contribution in [-0.4, -0.2) is 24.8 Å². The van der Waals surface area contributed by atoms with Crippen molar-refractivity contribution in [3.63, 3.8) is 0 Å². The maximum absolute atomic E-state index is 12.6. The van der Waals surface area contributed by atoms with Crippen LogP contribution in [0.15, 0.2) is 47.5 Å². The molecule has 0 atom stereocenters. The molecule has 7 heteroatoms. The molecule has 0 unspecified atom stereocenters. The standard InChI is InChI=1S/C17H19N3O3S/c1-4-23-16-10-9-15(14-11-20(3)18-17(14)16)19-24(21,22)13-7-5-12(2)6-8-13/h5-11,19H,4H2,1-3H3. The lowest BCUT2D eigenvalue weighted by Gasteiger charge is -2.11. The van der Waals surface area contributed by atoms with Crippen LogP contribution >= 0.6 is 0 Å². The van der Waals surface area contributed by atoms with Crippen molar-refractivity contribution in [2.75, 3.05) is 11.3 Å². The number of aromatic nitrogens is 2. The molecule has 1 N–H and O–H groups in total. The molecule has 0 aliphatic carbocycles. The van der Waals surface area contributed by atoms with E-state index in [4.69, 9.17) is 4.74 Å². The second-order valence-electron chi connectivity index (χ2n) is 5.53. The number of rotatable bonds is 5. The van der Waals surface area contributed by atoms with Crippen molar-refractivity contribution in [2.24, 2.45) is 7.05 Å². The molecule has 2 aromatic carbocycles. The highest BCUT2D eigenvalue weighted by Crippen LogP contribution is 2.32. The Morgan fingerprint density at radius 2 is 1.88 bits per heavy atom. The molecule has 0 aliphatic rings. The van der Waals surface area contributed by atoms with Gasteiger partial charge in [-0.25, -0.2) is 8.42 Å². The van der Waals surface area contributed by atoms with Crippen LogP contribution in [0.3, 0.4) is 0 Å². The molecule has 0 amide bonds. The maximum atomic E-state index is 12.6. The Balaban J connectivity index is 2.04. The normalized spacial score (nSPS) is 11.6. The SMILES string of the molecule is CCOc1ccc(NS(=O)(=O)c2ccc(C)cc2)c2cn(C)nc12. The first-order valence-electron chi connectivity index (χ1n) is 7.59. The molecule has 1 aromatic heterocycles. The van der Waals surface area contributed by atoms with Gasteiger partial charge < -0.3 is 4.74 Å². The van der Waals surface area contributed by atoms with Crippen molar-refractivity contribution in [1.82, 2.24) is 9.78 Å². The summed E-state index contributed by atoms with van der Waals surface area (Å²) < 4.78 is 35.0. The van der Waals surface area contributed by atoms with E-state index in [2.05, 4.69) is 9.82 Å². The lowest BCUT2D eigenvalue weighted by atomic mass is 10.2. The second-order valence-corrected chi connectivity index (χ2v) is 7.21. The third-order valence-electron chi connectivity index (χ3n) is 3.63. The molecule has 126 valence electrons. The summed E-state index contributed by atoms with van der Waals surface area (Å²) >= 11 is 0. The minimum Gasteiger partial charge on any atom is -0.492 e. The van der Waals surface area contributed by atoms with E-state index in [-0.39, 0.29) is 4.90 Å². The van der Waals surface area contributed by atoms with Gasteiger partial charge >= 0.3 is 0 Å². The molecule has 1 heterocycles. The summed E-state index contributed by atoms with van der Waals surface area (Å²) in [6, 6.07) is 10.1. The molecule has 0 fully saturated rings. The number of nitrogens with zero attached hydrogens (tertiary/aromatic N) is 2. The summed E-state index contributed by atoms with van der Waals surface area (Å²) in [5, 5.41) is 5.06. The van der Waals surface area contributed by atoms with Crippen LogP contribution in [0.1, 0.15) is 12.5 Å². The third kappa shape index (κ3) is 3.07. The Hall–Kier alpha value is -2.54. The number of sulfonamides is 1. The van der Waals surface area contributed by atoms with Crippen molar-refractivity contribution in [2.45, 2.75) is 18.7 Å². The Labute approximate surface area is 141 Å². The van der Waals surface area contributed by atoms with Gasteiger partial charge in [-0.1, -0.05) is 17.7 Å². The summed E-state index contributed by atoms with van der Waals surface area (Å²) in [5.74, 6) is 0.631.